The smallest absolute Gasteiger partial charge is 0.0353 e. The fourth-order valence-corrected chi connectivity index (χ4v) is 7.52. The number of aromatic nitrogens is 1. The van der Waals surface area contributed by atoms with Crippen LogP contribution in [-0.2, 0) is 0 Å². The van der Waals surface area contributed by atoms with E-state index < -0.39 is 0 Å². The van der Waals surface area contributed by atoms with Gasteiger partial charge in [0.25, 0.3) is 0 Å². The van der Waals surface area contributed by atoms with Crippen molar-refractivity contribution >= 4 is 56.2 Å². The first-order valence-corrected chi connectivity index (χ1v) is 15.0. The second-order valence-corrected chi connectivity index (χ2v) is 11.7. The molecule has 0 amide bonds. The van der Waals surface area contributed by atoms with Gasteiger partial charge in [-0.05, 0) is 96.7 Å². The molecule has 0 N–H and O–H groups in total. The highest BCUT2D eigenvalue weighted by atomic mass is 32.2. The van der Waals surface area contributed by atoms with Crippen molar-refractivity contribution < 1.29 is 0 Å². The lowest BCUT2D eigenvalue weighted by Gasteiger charge is -2.19. The average Bonchev–Trinajstić information content (AvgIpc) is 3.05. The van der Waals surface area contributed by atoms with E-state index >= 15 is 0 Å². The summed E-state index contributed by atoms with van der Waals surface area (Å²) in [7, 11) is 0. The summed E-state index contributed by atoms with van der Waals surface area (Å²) >= 11 is 1.87. The van der Waals surface area contributed by atoms with Crippen LogP contribution in [0.3, 0.4) is 0 Å². The molecule has 1 aromatic heterocycles. The van der Waals surface area contributed by atoms with Gasteiger partial charge in [0.2, 0.25) is 0 Å². The summed E-state index contributed by atoms with van der Waals surface area (Å²) in [6.45, 7) is 0. The molecule has 0 radical (unpaired) electrons. The summed E-state index contributed by atoms with van der Waals surface area (Å²) in [4.78, 5) is 7.22. The van der Waals surface area contributed by atoms with E-state index in [1.807, 2.05) is 18.0 Å². The van der Waals surface area contributed by atoms with E-state index in [-0.39, 0.29) is 0 Å². The predicted molar refractivity (Wildman–Crippen MR) is 176 cm³/mol. The number of rotatable bonds is 4. The molecular weight excluding hydrogens is 515 g/mol. The van der Waals surface area contributed by atoms with Gasteiger partial charge in [-0.2, -0.15) is 0 Å². The molecular formula is C39H27NS. The maximum absolute atomic E-state index is 4.66. The maximum Gasteiger partial charge on any atom is 0.0353 e. The summed E-state index contributed by atoms with van der Waals surface area (Å²) in [6.07, 6.45) is 11.0. The Hall–Kier alpha value is -4.66. The van der Waals surface area contributed by atoms with Crippen LogP contribution in [0, 0.1) is 0 Å². The van der Waals surface area contributed by atoms with Gasteiger partial charge in [0.1, 0.15) is 0 Å². The van der Waals surface area contributed by atoms with Crippen molar-refractivity contribution in [2.45, 2.75) is 22.6 Å². The van der Waals surface area contributed by atoms with Crippen LogP contribution in [0.4, 0.5) is 0 Å². The molecule has 0 atom stereocenters. The molecule has 1 nitrogen and oxygen atoms in total. The Kier molecular flexibility index (Phi) is 5.93. The highest BCUT2D eigenvalue weighted by molar-refractivity contribution is 7.99. The molecule has 1 aliphatic carbocycles. The number of hydrogen-bond donors (Lipinski definition) is 0. The molecule has 0 unspecified atom stereocenters. The molecule has 194 valence electrons. The van der Waals surface area contributed by atoms with Crippen molar-refractivity contribution in [2.75, 3.05) is 0 Å². The van der Waals surface area contributed by atoms with Gasteiger partial charge in [-0.3, -0.25) is 4.98 Å². The highest BCUT2D eigenvalue weighted by Gasteiger charge is 2.18. The van der Waals surface area contributed by atoms with E-state index in [4.69, 9.17) is 0 Å². The monoisotopic (exact) mass is 541 g/mol. The number of benzene rings is 6. The van der Waals surface area contributed by atoms with Crippen LogP contribution in [-0.4, -0.2) is 4.98 Å². The van der Waals surface area contributed by atoms with Gasteiger partial charge < -0.3 is 0 Å². The van der Waals surface area contributed by atoms with Crippen LogP contribution in [0.15, 0.2) is 137 Å². The number of fused-ring (bicyclic) bond motifs is 5. The van der Waals surface area contributed by atoms with Crippen molar-refractivity contribution in [3.8, 4) is 22.3 Å². The van der Waals surface area contributed by atoms with E-state index in [0.29, 0.717) is 0 Å². The molecule has 1 aliphatic rings. The number of nitrogens with zero attached hydrogens (tertiary/aromatic N) is 1. The van der Waals surface area contributed by atoms with Crippen LogP contribution in [0.5, 0.6) is 0 Å². The molecule has 8 rings (SSSR count). The van der Waals surface area contributed by atoms with Crippen molar-refractivity contribution in [1.29, 1.82) is 0 Å². The molecule has 0 bridgehead atoms. The van der Waals surface area contributed by atoms with Crippen LogP contribution >= 0.6 is 11.8 Å². The largest absolute Gasteiger partial charge is 0.264 e. The molecule has 1 heterocycles. The second-order valence-electron chi connectivity index (χ2n) is 10.6. The maximum atomic E-state index is 4.66. The minimum atomic E-state index is 1.05. The van der Waals surface area contributed by atoms with Gasteiger partial charge in [-0.25, -0.2) is 0 Å². The van der Waals surface area contributed by atoms with Gasteiger partial charge in [0, 0.05) is 27.6 Å². The topological polar surface area (TPSA) is 12.9 Å². The zero-order valence-electron chi connectivity index (χ0n) is 22.5. The van der Waals surface area contributed by atoms with Gasteiger partial charge in [0.05, 0.1) is 0 Å². The summed E-state index contributed by atoms with van der Waals surface area (Å²) in [6, 6.07) is 41.7. The Morgan fingerprint density at radius 2 is 1.27 bits per heavy atom. The van der Waals surface area contributed by atoms with Crippen LogP contribution in [0.2, 0.25) is 0 Å². The number of hydrogen-bond acceptors (Lipinski definition) is 2. The second kappa shape index (κ2) is 10.1. The van der Waals surface area contributed by atoms with Gasteiger partial charge >= 0.3 is 0 Å². The van der Waals surface area contributed by atoms with Crippen LogP contribution in [0.25, 0.3) is 66.7 Å². The molecule has 0 saturated heterocycles. The zero-order chi connectivity index (χ0) is 27.2. The normalized spacial score (nSPS) is 12.7. The van der Waals surface area contributed by atoms with Gasteiger partial charge in [-0.1, -0.05) is 115 Å². The lowest BCUT2D eigenvalue weighted by molar-refractivity contribution is 1.11. The third kappa shape index (κ3) is 4.15. The average molecular weight is 542 g/mol. The van der Waals surface area contributed by atoms with Crippen molar-refractivity contribution in [2.24, 2.45) is 0 Å². The van der Waals surface area contributed by atoms with E-state index in [1.54, 1.807) is 0 Å². The standard InChI is InChI=1S/C39H27NS/c1-2-11-26(12-3-1)27-14-10-15-29(23-27)41-39-34-20-9-8-19-33(34)38(37-25-40-22-21-35(37)39)36-24-28-13-4-5-16-30(28)31-17-6-7-18-32(31)36/h1-7,10-25H,8-9H2. The zero-order valence-corrected chi connectivity index (χ0v) is 23.4. The van der Waals surface area contributed by atoms with Crippen LogP contribution < -0.4 is 10.4 Å². The van der Waals surface area contributed by atoms with Crippen molar-refractivity contribution in [3.05, 3.63) is 138 Å². The van der Waals surface area contributed by atoms with E-state index in [2.05, 4.69) is 139 Å². The lowest BCUT2D eigenvalue weighted by Crippen LogP contribution is -2.31. The predicted octanol–water partition coefficient (Wildman–Crippen LogP) is 9.38. The molecule has 7 aromatic rings. The first-order chi connectivity index (χ1) is 20.3. The van der Waals surface area contributed by atoms with Gasteiger partial charge in [-0.15, -0.1) is 0 Å². The number of pyridine rings is 1. The summed E-state index contributed by atoms with van der Waals surface area (Å²) in [5, 5.41) is 10.3. The minimum Gasteiger partial charge on any atom is -0.264 e. The fraction of sp³-hybridized carbons (Fsp3) is 0.0513. The summed E-state index contributed by atoms with van der Waals surface area (Å²) in [5.41, 5.74) is 5.06. The Morgan fingerprint density at radius 1 is 0.537 bits per heavy atom. The van der Waals surface area contributed by atoms with Crippen molar-refractivity contribution in [3.63, 3.8) is 0 Å². The van der Waals surface area contributed by atoms with Crippen molar-refractivity contribution in [1.82, 2.24) is 4.98 Å². The third-order valence-corrected chi connectivity index (χ3v) is 9.33. The third-order valence-electron chi connectivity index (χ3n) is 8.20. The molecule has 0 fully saturated rings. The summed E-state index contributed by atoms with van der Waals surface area (Å²) < 4.78 is 0. The van der Waals surface area contributed by atoms with Gasteiger partial charge in [0.15, 0.2) is 0 Å². The minimum absolute atomic E-state index is 1.05. The van der Waals surface area contributed by atoms with E-state index in [0.717, 1.165) is 12.8 Å². The van der Waals surface area contributed by atoms with E-state index in [9.17, 15) is 0 Å². The Bertz CT molecular complexity index is 2230. The Morgan fingerprint density at radius 3 is 2.15 bits per heavy atom. The lowest BCUT2D eigenvalue weighted by atomic mass is 9.88. The molecule has 0 aliphatic heterocycles. The Balaban J connectivity index is 1.41. The molecule has 41 heavy (non-hydrogen) atoms. The highest BCUT2D eigenvalue weighted by Crippen LogP contribution is 2.39. The Labute approximate surface area is 243 Å². The SMILES string of the molecule is C1=c2c(Sc3cccc(-c4ccccc4)c3)c3ccncc3c(-c3cc4ccccc4c4ccccc34)c2=CCC1. The van der Waals surface area contributed by atoms with Crippen LogP contribution in [0.1, 0.15) is 12.8 Å². The first-order valence-electron chi connectivity index (χ1n) is 14.2. The first kappa shape index (κ1) is 24.2. The summed E-state index contributed by atoms with van der Waals surface area (Å²) in [5.74, 6) is 0. The quantitative estimate of drug-likeness (QED) is 0.206. The van der Waals surface area contributed by atoms with E-state index in [1.165, 1.54) is 74.8 Å². The molecule has 2 heteroatoms. The fourth-order valence-electron chi connectivity index (χ4n) is 6.36. The molecule has 6 aromatic carbocycles. The molecule has 0 saturated carbocycles. The molecule has 0 spiro atoms.